The summed E-state index contributed by atoms with van der Waals surface area (Å²) in [5.41, 5.74) is 10.4. The molecule has 0 saturated carbocycles. The van der Waals surface area contributed by atoms with Crippen LogP contribution in [0.4, 0.5) is 0 Å². The molecule has 1 saturated heterocycles. The van der Waals surface area contributed by atoms with Gasteiger partial charge >= 0.3 is 0 Å². The van der Waals surface area contributed by atoms with Crippen LogP contribution in [0, 0.1) is 18.3 Å². The van der Waals surface area contributed by atoms with Gasteiger partial charge in [-0.25, -0.2) is 0 Å². The van der Waals surface area contributed by atoms with Crippen LogP contribution in [0.25, 0.3) is 11.1 Å². The van der Waals surface area contributed by atoms with Crippen molar-refractivity contribution in [1.29, 1.82) is 5.26 Å². The van der Waals surface area contributed by atoms with E-state index in [9.17, 15) is 5.26 Å². The van der Waals surface area contributed by atoms with Gasteiger partial charge in [0, 0.05) is 43.2 Å². The molecule has 6 heteroatoms. The number of hydrogen-bond donors (Lipinski definition) is 1. The molecule has 2 aliphatic rings. The van der Waals surface area contributed by atoms with E-state index in [4.69, 9.17) is 14.6 Å². The van der Waals surface area contributed by atoms with Crippen molar-refractivity contribution in [1.82, 2.24) is 9.88 Å². The Morgan fingerprint density at radius 1 is 0.857 bits per heavy atom. The number of likely N-dealkylation sites (tertiary alicyclic amines) is 1. The van der Waals surface area contributed by atoms with Gasteiger partial charge in [0.2, 0.25) is 0 Å². The molecule has 1 aromatic heterocycles. The predicted molar refractivity (Wildman–Crippen MR) is 165 cm³/mol. The zero-order valence-corrected chi connectivity index (χ0v) is 24.6. The minimum absolute atomic E-state index is 0.367. The summed E-state index contributed by atoms with van der Waals surface area (Å²) in [6.07, 6.45) is 9.10. The monoisotopic (exact) mass is 561 g/mol. The molecule has 2 heterocycles. The van der Waals surface area contributed by atoms with Crippen LogP contribution in [-0.2, 0) is 32.6 Å². The maximum Gasteiger partial charge on any atom is 0.128 e. The van der Waals surface area contributed by atoms with Crippen molar-refractivity contribution in [3.63, 3.8) is 0 Å². The van der Waals surface area contributed by atoms with E-state index in [1.807, 2.05) is 6.07 Å². The number of fused-ring (bicyclic) bond motifs is 1. The summed E-state index contributed by atoms with van der Waals surface area (Å²) in [7, 11) is 1.00. The van der Waals surface area contributed by atoms with Crippen molar-refractivity contribution in [2.75, 3.05) is 20.2 Å². The Morgan fingerprint density at radius 3 is 2.40 bits per heavy atom. The van der Waals surface area contributed by atoms with E-state index in [1.54, 1.807) is 12.4 Å². The van der Waals surface area contributed by atoms with E-state index in [1.165, 1.54) is 51.8 Å². The minimum atomic E-state index is 0.367. The standard InChI is InChI=1S/C35H35N3O2.CH4O/c1-25-29(11-7-12-30(25)28-9-3-2-4-10-28)24-40-34-18-35(39-23-27-17-26(19-36)20-37-21-27)33(22-38-15-5-6-16-38)31-13-8-14-32(31)34;1-2/h2-4,7,9-12,17-18,20-21H,5-6,8,13-16,22-24H2,1H3;2H,1H3. The zero-order chi connectivity index (χ0) is 29.3. The lowest BCUT2D eigenvalue weighted by molar-refractivity contribution is 0.275. The summed E-state index contributed by atoms with van der Waals surface area (Å²) in [6, 6.07) is 23.1. The minimum Gasteiger partial charge on any atom is -0.488 e. The van der Waals surface area contributed by atoms with Gasteiger partial charge in [-0.2, -0.15) is 5.26 Å². The van der Waals surface area contributed by atoms with E-state index in [0.29, 0.717) is 18.8 Å². The van der Waals surface area contributed by atoms with Gasteiger partial charge in [-0.3, -0.25) is 9.88 Å². The van der Waals surface area contributed by atoms with Gasteiger partial charge in [0.1, 0.15) is 30.8 Å². The number of benzene rings is 3. The Balaban J connectivity index is 0.00000173. The average Bonchev–Trinajstić information content (AvgIpc) is 3.75. The van der Waals surface area contributed by atoms with Gasteiger partial charge in [-0.1, -0.05) is 48.5 Å². The Labute approximate surface area is 249 Å². The summed E-state index contributed by atoms with van der Waals surface area (Å²) in [4.78, 5) is 6.75. The van der Waals surface area contributed by atoms with Crippen LogP contribution in [0.1, 0.15) is 58.2 Å². The SMILES string of the molecule is CO.Cc1c(COc2cc(OCc3cncc(C#N)c3)c(CN3CCCC3)c3c2CCC3)cccc1-c1ccccc1. The fourth-order valence-electron chi connectivity index (χ4n) is 6.10. The highest BCUT2D eigenvalue weighted by Crippen LogP contribution is 2.41. The molecule has 1 N–H and O–H groups in total. The molecular formula is C36H39N3O3. The number of rotatable bonds is 9. The smallest absolute Gasteiger partial charge is 0.128 e. The van der Waals surface area contributed by atoms with E-state index in [-0.39, 0.29) is 0 Å². The number of hydrogen-bond acceptors (Lipinski definition) is 6. The quantitative estimate of drug-likeness (QED) is 0.243. The fraction of sp³-hybridized carbons (Fsp3) is 0.333. The molecule has 0 bridgehead atoms. The van der Waals surface area contributed by atoms with Crippen LogP contribution >= 0.6 is 0 Å². The molecule has 42 heavy (non-hydrogen) atoms. The third-order valence-corrected chi connectivity index (χ3v) is 8.25. The van der Waals surface area contributed by atoms with Gasteiger partial charge in [0.25, 0.3) is 0 Å². The van der Waals surface area contributed by atoms with Gasteiger partial charge < -0.3 is 14.6 Å². The van der Waals surface area contributed by atoms with Crippen LogP contribution in [0.5, 0.6) is 11.5 Å². The van der Waals surface area contributed by atoms with Crippen molar-refractivity contribution < 1.29 is 14.6 Å². The van der Waals surface area contributed by atoms with E-state index < -0.39 is 0 Å². The second-order valence-electron chi connectivity index (χ2n) is 10.9. The first-order chi connectivity index (χ1) is 20.7. The Morgan fingerprint density at radius 2 is 1.62 bits per heavy atom. The van der Waals surface area contributed by atoms with Gasteiger partial charge in [0.05, 0.1) is 5.56 Å². The number of aliphatic hydroxyl groups is 1. The largest absolute Gasteiger partial charge is 0.488 e. The third-order valence-electron chi connectivity index (χ3n) is 8.25. The maximum absolute atomic E-state index is 9.29. The Hall–Kier alpha value is -4.18. The lowest BCUT2D eigenvalue weighted by Gasteiger charge is -2.23. The van der Waals surface area contributed by atoms with Crippen molar-refractivity contribution in [2.24, 2.45) is 0 Å². The highest BCUT2D eigenvalue weighted by Gasteiger charge is 2.26. The molecule has 6 rings (SSSR count). The molecule has 0 unspecified atom stereocenters. The number of aromatic nitrogens is 1. The summed E-state index contributed by atoms with van der Waals surface area (Å²) in [6.45, 7) is 6.24. The lowest BCUT2D eigenvalue weighted by Crippen LogP contribution is -2.20. The second kappa shape index (κ2) is 14.1. The molecular weight excluding hydrogens is 522 g/mol. The van der Waals surface area contributed by atoms with Crippen LogP contribution < -0.4 is 9.47 Å². The first kappa shape index (κ1) is 29.3. The molecule has 0 atom stereocenters. The van der Waals surface area contributed by atoms with Crippen molar-refractivity contribution in [2.45, 2.75) is 58.8 Å². The van der Waals surface area contributed by atoms with Crippen LogP contribution in [0.15, 0.2) is 73.1 Å². The Bertz CT molecular complexity index is 1540. The van der Waals surface area contributed by atoms with Crippen molar-refractivity contribution in [3.05, 3.63) is 112 Å². The normalized spacial score (nSPS) is 14.0. The first-order valence-electron chi connectivity index (χ1n) is 14.8. The third kappa shape index (κ3) is 6.65. The van der Waals surface area contributed by atoms with E-state index in [2.05, 4.69) is 77.5 Å². The van der Waals surface area contributed by atoms with Crippen LogP contribution in [-0.4, -0.2) is 35.2 Å². The maximum atomic E-state index is 9.29. The van der Waals surface area contributed by atoms with E-state index in [0.717, 1.165) is 63.1 Å². The molecule has 0 radical (unpaired) electrons. The van der Waals surface area contributed by atoms with Gasteiger partial charge in [-0.15, -0.1) is 0 Å². The Kier molecular flexibility index (Phi) is 9.86. The molecule has 0 amide bonds. The summed E-state index contributed by atoms with van der Waals surface area (Å²) < 4.78 is 13.1. The number of nitrogens with zero attached hydrogens (tertiary/aromatic N) is 3. The van der Waals surface area contributed by atoms with Crippen molar-refractivity contribution in [3.8, 4) is 28.7 Å². The number of ether oxygens (including phenoxy) is 2. The first-order valence-corrected chi connectivity index (χ1v) is 14.8. The van der Waals surface area contributed by atoms with Gasteiger partial charge in [0.15, 0.2) is 0 Å². The summed E-state index contributed by atoms with van der Waals surface area (Å²) in [5.74, 6) is 1.82. The average molecular weight is 562 g/mol. The molecule has 1 aliphatic heterocycles. The van der Waals surface area contributed by atoms with Crippen LogP contribution in [0.3, 0.4) is 0 Å². The lowest BCUT2D eigenvalue weighted by atomic mass is 9.97. The van der Waals surface area contributed by atoms with Crippen LogP contribution in [0.2, 0.25) is 0 Å². The molecule has 0 spiro atoms. The fourth-order valence-corrected chi connectivity index (χ4v) is 6.10. The number of pyridine rings is 1. The summed E-state index contributed by atoms with van der Waals surface area (Å²) in [5, 5.41) is 16.3. The number of nitriles is 1. The number of aliphatic hydroxyl groups excluding tert-OH is 1. The highest BCUT2D eigenvalue weighted by molar-refractivity contribution is 5.68. The van der Waals surface area contributed by atoms with Gasteiger partial charge in [-0.05, 0) is 91.6 Å². The molecule has 1 aliphatic carbocycles. The molecule has 3 aromatic carbocycles. The molecule has 4 aromatic rings. The second-order valence-corrected chi connectivity index (χ2v) is 10.9. The predicted octanol–water partition coefficient (Wildman–Crippen LogP) is 6.78. The molecule has 6 nitrogen and oxygen atoms in total. The topological polar surface area (TPSA) is 78.6 Å². The zero-order valence-electron chi connectivity index (χ0n) is 24.6. The molecule has 216 valence electrons. The van der Waals surface area contributed by atoms with Crippen molar-refractivity contribution >= 4 is 0 Å². The highest BCUT2D eigenvalue weighted by atomic mass is 16.5. The summed E-state index contributed by atoms with van der Waals surface area (Å²) >= 11 is 0. The molecule has 1 fully saturated rings. The van der Waals surface area contributed by atoms with E-state index >= 15 is 0 Å².